The molecule has 0 saturated heterocycles. The van der Waals surface area contributed by atoms with E-state index >= 15 is 0 Å². The topological polar surface area (TPSA) is 64.0 Å². The summed E-state index contributed by atoms with van der Waals surface area (Å²) >= 11 is 1.45. The van der Waals surface area contributed by atoms with Gasteiger partial charge in [0.2, 0.25) is 0 Å². The highest BCUT2D eigenvalue weighted by Crippen LogP contribution is 2.30. The molecule has 1 atom stereocenters. The Hall–Kier alpha value is -1.00. The first kappa shape index (κ1) is 16.1. The highest BCUT2D eigenvalue weighted by Gasteiger charge is 2.29. The van der Waals surface area contributed by atoms with Gasteiger partial charge in [-0.05, 0) is 42.7 Å². The second kappa shape index (κ2) is 6.44. The molecule has 0 amide bonds. The summed E-state index contributed by atoms with van der Waals surface area (Å²) < 4.78 is 0. The lowest BCUT2D eigenvalue weighted by Crippen LogP contribution is -3.00. The first-order valence-corrected chi connectivity index (χ1v) is 7.20. The lowest BCUT2D eigenvalue weighted by atomic mass is 9.84. The van der Waals surface area contributed by atoms with Crippen molar-refractivity contribution in [2.75, 3.05) is 5.75 Å². The lowest BCUT2D eigenvalue weighted by molar-refractivity contribution is -0.110. The van der Waals surface area contributed by atoms with Crippen LogP contribution in [0.25, 0.3) is 0 Å². The molecule has 0 aliphatic carbocycles. The van der Waals surface area contributed by atoms with Crippen LogP contribution < -0.4 is 23.5 Å². The van der Waals surface area contributed by atoms with Crippen molar-refractivity contribution >= 4 is 22.6 Å². The third-order valence-corrected chi connectivity index (χ3v) is 4.19. The van der Waals surface area contributed by atoms with Gasteiger partial charge >= 0.3 is 0 Å². The first-order valence-electron chi connectivity index (χ1n) is 6.22. The van der Waals surface area contributed by atoms with Gasteiger partial charge in [0.15, 0.2) is 0 Å². The van der Waals surface area contributed by atoms with E-state index in [1.807, 2.05) is 0 Å². The van der Waals surface area contributed by atoms with Crippen LogP contribution in [0.15, 0.2) is 29.3 Å². The number of halogens is 1. The maximum atomic E-state index is 5.53. The van der Waals surface area contributed by atoms with Crippen molar-refractivity contribution in [3.63, 3.8) is 0 Å². The van der Waals surface area contributed by atoms with Crippen LogP contribution in [0.4, 0.5) is 0 Å². The van der Waals surface area contributed by atoms with E-state index < -0.39 is 0 Å². The normalized spacial score (nSPS) is 21.1. The minimum atomic E-state index is 0. The fourth-order valence-corrected chi connectivity index (χ4v) is 2.78. The average molecular weight is 298 g/mol. The lowest BCUT2D eigenvalue weighted by Gasteiger charge is -2.31. The number of benzene rings is 1. The van der Waals surface area contributed by atoms with Crippen molar-refractivity contribution in [2.45, 2.75) is 32.2 Å². The van der Waals surface area contributed by atoms with Crippen LogP contribution in [0, 0.1) is 0 Å². The molecular weight excluding hydrogens is 278 g/mol. The molecule has 0 saturated carbocycles. The van der Waals surface area contributed by atoms with Crippen molar-refractivity contribution in [2.24, 2.45) is 10.7 Å². The summed E-state index contributed by atoms with van der Waals surface area (Å²) in [4.78, 5) is 4.92. The van der Waals surface area contributed by atoms with Crippen LogP contribution in [0.5, 0.6) is 0 Å². The number of nitrogens with zero attached hydrogens (tertiary/aromatic N) is 1. The molecule has 1 aromatic carbocycles. The smallest absolute Gasteiger partial charge is 0.300 e. The summed E-state index contributed by atoms with van der Waals surface area (Å²) in [7, 11) is 0. The molecule has 2 rings (SSSR count). The Balaban J connectivity index is 0.00000180. The number of nitrogens with two attached hydrogens (primary N) is 2. The standard InChI is InChI=1S/C14H19N3S.ClH/c1-3-14(2)8-10-6-4-5-7-11(10)12(17-14)9-18-13(15)16;/h4-7H,3,8-9H2,1-2H3,(H3,15,16);1H. The number of hydrogen-bond acceptors (Lipinski definition) is 2. The number of hydrogen-bond donors (Lipinski definition) is 2. The maximum absolute atomic E-state index is 5.53. The SMILES string of the molecule is CCC1(C)Cc2ccccc2C(CSC(N)=[NH2+])=N1.[Cl-]. The van der Waals surface area contributed by atoms with Gasteiger partial charge in [0, 0.05) is 5.75 Å². The molecule has 1 aliphatic heterocycles. The van der Waals surface area contributed by atoms with E-state index in [1.165, 1.54) is 22.9 Å². The van der Waals surface area contributed by atoms with Gasteiger partial charge < -0.3 is 12.4 Å². The molecule has 5 heteroatoms. The van der Waals surface area contributed by atoms with Gasteiger partial charge in [0.05, 0.1) is 11.3 Å². The van der Waals surface area contributed by atoms with Gasteiger partial charge in [-0.1, -0.05) is 31.2 Å². The van der Waals surface area contributed by atoms with Crippen LogP contribution >= 0.6 is 11.8 Å². The monoisotopic (exact) mass is 297 g/mol. The summed E-state index contributed by atoms with van der Waals surface area (Å²) in [6.07, 6.45) is 2.05. The van der Waals surface area contributed by atoms with Crippen LogP contribution in [-0.4, -0.2) is 22.2 Å². The molecule has 1 unspecified atom stereocenters. The molecule has 0 spiro atoms. The first-order chi connectivity index (χ1) is 8.54. The van der Waals surface area contributed by atoms with Crippen molar-refractivity contribution in [1.82, 2.24) is 0 Å². The fourth-order valence-electron chi connectivity index (χ4n) is 2.26. The molecule has 1 aromatic rings. The average Bonchev–Trinajstić information content (AvgIpc) is 2.35. The predicted octanol–water partition coefficient (Wildman–Crippen LogP) is -1.99. The Morgan fingerprint density at radius 3 is 2.79 bits per heavy atom. The largest absolute Gasteiger partial charge is 1.00 e. The summed E-state index contributed by atoms with van der Waals surface area (Å²) in [5, 5.41) is 5.93. The second-order valence-electron chi connectivity index (χ2n) is 4.93. The number of thioether (sulfide) groups is 1. The van der Waals surface area contributed by atoms with E-state index in [0.717, 1.165) is 24.3 Å². The Morgan fingerprint density at radius 1 is 1.47 bits per heavy atom. The van der Waals surface area contributed by atoms with Crippen molar-refractivity contribution in [3.8, 4) is 0 Å². The third kappa shape index (κ3) is 3.74. The van der Waals surface area contributed by atoms with Gasteiger partial charge in [-0.25, -0.2) is 0 Å². The number of rotatable bonds is 3. The second-order valence-corrected chi connectivity index (χ2v) is 5.98. The van der Waals surface area contributed by atoms with E-state index in [9.17, 15) is 0 Å². The molecular formula is C14H20ClN3S. The van der Waals surface area contributed by atoms with Crippen LogP contribution in [-0.2, 0) is 6.42 Å². The minimum absolute atomic E-state index is 0. The zero-order chi connectivity index (χ0) is 13.2. The van der Waals surface area contributed by atoms with E-state index in [4.69, 9.17) is 16.1 Å². The van der Waals surface area contributed by atoms with Crippen molar-refractivity contribution in [3.05, 3.63) is 35.4 Å². The molecule has 104 valence electrons. The molecule has 0 radical (unpaired) electrons. The Morgan fingerprint density at radius 2 is 2.16 bits per heavy atom. The number of amidine groups is 1. The van der Waals surface area contributed by atoms with E-state index in [1.54, 1.807) is 0 Å². The van der Waals surface area contributed by atoms with Crippen molar-refractivity contribution in [1.29, 1.82) is 0 Å². The van der Waals surface area contributed by atoms with Crippen molar-refractivity contribution < 1.29 is 17.8 Å². The molecule has 0 aromatic heterocycles. The highest BCUT2D eigenvalue weighted by molar-refractivity contribution is 8.14. The van der Waals surface area contributed by atoms with Crippen LogP contribution in [0.1, 0.15) is 31.4 Å². The zero-order valence-electron chi connectivity index (χ0n) is 11.3. The summed E-state index contributed by atoms with van der Waals surface area (Å²) in [6, 6.07) is 8.48. The van der Waals surface area contributed by atoms with E-state index in [0.29, 0.717) is 5.17 Å². The van der Waals surface area contributed by atoms with E-state index in [-0.39, 0.29) is 17.9 Å². The Kier molecular flexibility index (Phi) is 5.44. The van der Waals surface area contributed by atoms with Gasteiger partial charge in [0.1, 0.15) is 0 Å². The Labute approximate surface area is 125 Å². The summed E-state index contributed by atoms with van der Waals surface area (Å²) in [6.45, 7) is 4.40. The molecule has 0 fully saturated rings. The third-order valence-electron chi connectivity index (χ3n) is 3.44. The van der Waals surface area contributed by atoms with Gasteiger partial charge in [-0.15, -0.1) is 0 Å². The van der Waals surface area contributed by atoms with Gasteiger partial charge in [-0.2, -0.15) is 0 Å². The highest BCUT2D eigenvalue weighted by atomic mass is 35.5. The molecule has 19 heavy (non-hydrogen) atoms. The predicted molar refractivity (Wildman–Crippen MR) is 79.0 cm³/mol. The summed E-state index contributed by atoms with van der Waals surface area (Å²) in [5.41, 5.74) is 9.28. The van der Waals surface area contributed by atoms with E-state index in [2.05, 4.69) is 38.1 Å². The molecule has 1 heterocycles. The molecule has 0 bridgehead atoms. The maximum Gasteiger partial charge on any atom is 0.300 e. The zero-order valence-corrected chi connectivity index (χ0v) is 12.9. The van der Waals surface area contributed by atoms with Gasteiger partial charge in [-0.3, -0.25) is 16.1 Å². The fraction of sp³-hybridized carbons (Fsp3) is 0.429. The minimum Gasteiger partial charge on any atom is -1.00 e. The molecule has 4 N–H and O–H groups in total. The number of fused-ring (bicyclic) bond motifs is 1. The van der Waals surface area contributed by atoms with Crippen LogP contribution in [0.2, 0.25) is 0 Å². The Bertz CT molecular complexity index is 501. The van der Waals surface area contributed by atoms with Crippen LogP contribution in [0.3, 0.4) is 0 Å². The van der Waals surface area contributed by atoms with Gasteiger partial charge in [0.25, 0.3) is 5.17 Å². The molecule has 1 aliphatic rings. The molecule has 3 nitrogen and oxygen atoms in total. The summed E-state index contributed by atoms with van der Waals surface area (Å²) in [5.74, 6) is 0.745. The number of aliphatic imine (C=N–C) groups is 1. The quantitative estimate of drug-likeness (QED) is 0.501.